The number of nitrogens with zero attached hydrogens (tertiary/aromatic N) is 1. The molecule has 7 heteroatoms. The number of carbonyl (C=O) groups excluding carboxylic acids is 1. The third-order valence-electron chi connectivity index (χ3n) is 7.44. The van der Waals surface area contributed by atoms with E-state index >= 15 is 0 Å². The molecule has 2 aromatic carbocycles. The molecule has 1 amide bonds. The van der Waals surface area contributed by atoms with Gasteiger partial charge in [0, 0.05) is 17.9 Å². The fourth-order valence-corrected chi connectivity index (χ4v) is 5.91. The quantitative estimate of drug-likeness (QED) is 0.145. The molecule has 41 heavy (non-hydrogen) atoms. The van der Waals surface area contributed by atoms with Gasteiger partial charge in [0.05, 0.1) is 26.0 Å². The molecule has 228 valence electrons. The zero-order valence-corrected chi connectivity index (χ0v) is 28.0. The van der Waals surface area contributed by atoms with Crippen LogP contribution in [0.3, 0.4) is 0 Å². The molecule has 1 N–H and O–H groups in total. The normalized spacial score (nSPS) is 12.6. The Labute approximate surface area is 263 Å². The summed E-state index contributed by atoms with van der Waals surface area (Å²) in [6, 6.07) is 13.9. The topological polar surface area (TPSA) is 50.8 Å². The first-order chi connectivity index (χ1) is 19.6. The fourth-order valence-electron chi connectivity index (χ4n) is 4.97. The number of methoxy groups -OCH3 is 1. The smallest absolute Gasteiger partial charge is 0.228 e. The average molecular weight is 648 g/mol. The highest BCUT2D eigenvalue weighted by atomic mass is 79.9. The third-order valence-corrected chi connectivity index (χ3v) is 8.41. The van der Waals surface area contributed by atoms with Gasteiger partial charge in [0.15, 0.2) is 11.5 Å². The summed E-state index contributed by atoms with van der Waals surface area (Å²) in [4.78, 5) is 15.1. The number of hydrogen-bond acceptors (Lipinski definition) is 5. The summed E-state index contributed by atoms with van der Waals surface area (Å²) in [5.74, 6) is 2.38. The molecule has 0 unspecified atom stereocenters. The molecule has 0 saturated heterocycles. The van der Waals surface area contributed by atoms with Crippen LogP contribution in [0.2, 0.25) is 0 Å². The number of benzene rings is 2. The van der Waals surface area contributed by atoms with E-state index in [0.29, 0.717) is 18.1 Å². The van der Waals surface area contributed by atoms with Crippen molar-refractivity contribution in [2.45, 2.75) is 104 Å². The van der Waals surface area contributed by atoms with E-state index in [0.717, 1.165) is 30.1 Å². The van der Waals surface area contributed by atoms with Gasteiger partial charge in [0.1, 0.15) is 0 Å². The second-order valence-corrected chi connectivity index (χ2v) is 11.7. The van der Waals surface area contributed by atoms with E-state index in [4.69, 9.17) is 9.47 Å². The van der Waals surface area contributed by atoms with Gasteiger partial charge < -0.3 is 19.7 Å². The van der Waals surface area contributed by atoms with E-state index in [9.17, 15) is 4.79 Å². The number of nitrogens with one attached hydrogen (secondary N) is 1. The molecule has 1 aliphatic rings. The molecule has 0 aliphatic carbocycles. The standard InChI is InChI=1S/C34H50N2O3S.BrH/c1-4-5-6-7-8-9-10-11-12-13-14-15-22-39-33-23-30(18-21-32(33)38-3)24-34(37)35-31-19-16-29(17-20-31)25-36-27-40-26-28(36)2;/h16-21,23,26H,4-15,22,24-25,27H2,1-3H3,(H,35,37);1H. The predicted octanol–water partition coefficient (Wildman–Crippen LogP) is 9.90. The number of anilines is 1. The van der Waals surface area contributed by atoms with Crippen molar-refractivity contribution in [1.82, 2.24) is 4.90 Å². The minimum Gasteiger partial charge on any atom is -0.493 e. The molecule has 0 fully saturated rings. The first kappa shape index (κ1) is 35.1. The Morgan fingerprint density at radius 1 is 0.854 bits per heavy atom. The minimum absolute atomic E-state index is 0. The SMILES string of the molecule is Br.CCCCCCCCCCCCCCOc1cc(CC(=O)Nc2ccc(CN3CSC=C3C)cc2)ccc1OC. The Hall–Kier alpha value is -2.12. The lowest BCUT2D eigenvalue weighted by molar-refractivity contribution is -0.115. The number of unbranched alkanes of at least 4 members (excludes halogenated alkanes) is 11. The molecule has 0 aromatic heterocycles. The van der Waals surface area contributed by atoms with Crippen molar-refractivity contribution in [1.29, 1.82) is 0 Å². The molecule has 3 rings (SSSR count). The van der Waals surface area contributed by atoms with E-state index in [1.807, 2.05) is 42.1 Å². The van der Waals surface area contributed by atoms with Crippen molar-refractivity contribution in [2.24, 2.45) is 0 Å². The van der Waals surface area contributed by atoms with Gasteiger partial charge in [-0.05, 0) is 54.1 Å². The van der Waals surface area contributed by atoms with Crippen LogP contribution >= 0.6 is 28.7 Å². The zero-order valence-electron chi connectivity index (χ0n) is 25.4. The molecule has 0 spiro atoms. The summed E-state index contributed by atoms with van der Waals surface area (Å²) in [5.41, 5.74) is 4.26. The van der Waals surface area contributed by atoms with Gasteiger partial charge in [0.2, 0.25) is 5.91 Å². The van der Waals surface area contributed by atoms with Crippen molar-refractivity contribution in [3.8, 4) is 11.5 Å². The fraction of sp³-hybridized carbons (Fsp3) is 0.559. The molecule has 5 nitrogen and oxygen atoms in total. The number of ether oxygens (including phenoxy) is 2. The number of allylic oxidation sites excluding steroid dienone is 1. The van der Waals surface area contributed by atoms with Crippen LogP contribution in [0, 0.1) is 0 Å². The van der Waals surface area contributed by atoms with Gasteiger partial charge in [-0.3, -0.25) is 4.79 Å². The van der Waals surface area contributed by atoms with E-state index in [1.54, 1.807) is 7.11 Å². The summed E-state index contributed by atoms with van der Waals surface area (Å²) in [6.45, 7) is 5.97. The number of hydrogen-bond donors (Lipinski definition) is 1. The molecule has 1 aliphatic heterocycles. The molecular weight excluding hydrogens is 596 g/mol. The largest absolute Gasteiger partial charge is 0.493 e. The molecule has 0 atom stereocenters. The van der Waals surface area contributed by atoms with Gasteiger partial charge in [-0.1, -0.05) is 95.8 Å². The lowest BCUT2D eigenvalue weighted by Gasteiger charge is -2.19. The van der Waals surface area contributed by atoms with E-state index < -0.39 is 0 Å². The maximum absolute atomic E-state index is 12.7. The van der Waals surface area contributed by atoms with Gasteiger partial charge in [-0.25, -0.2) is 0 Å². The lowest BCUT2D eigenvalue weighted by atomic mass is 10.1. The van der Waals surface area contributed by atoms with Crippen molar-refractivity contribution < 1.29 is 14.3 Å². The summed E-state index contributed by atoms with van der Waals surface area (Å²) in [7, 11) is 1.65. The molecule has 1 heterocycles. The Bertz CT molecular complexity index is 1040. The van der Waals surface area contributed by atoms with Crippen LogP contribution in [-0.2, 0) is 17.8 Å². The predicted molar refractivity (Wildman–Crippen MR) is 180 cm³/mol. The summed E-state index contributed by atoms with van der Waals surface area (Å²) >= 11 is 1.83. The van der Waals surface area contributed by atoms with Gasteiger partial charge >= 0.3 is 0 Å². The van der Waals surface area contributed by atoms with E-state index in [1.165, 1.54) is 81.9 Å². The highest BCUT2D eigenvalue weighted by molar-refractivity contribution is 8.93. The minimum atomic E-state index is -0.0421. The van der Waals surface area contributed by atoms with Crippen LogP contribution in [0.5, 0.6) is 11.5 Å². The monoisotopic (exact) mass is 646 g/mol. The van der Waals surface area contributed by atoms with Crippen molar-refractivity contribution >= 4 is 40.3 Å². The number of amides is 1. The summed E-state index contributed by atoms with van der Waals surface area (Å²) in [6.07, 6.45) is 16.1. The number of thioether (sulfide) groups is 1. The molecule has 0 bridgehead atoms. The second-order valence-electron chi connectivity index (χ2n) is 10.9. The maximum Gasteiger partial charge on any atom is 0.228 e. The Morgan fingerprint density at radius 3 is 2.05 bits per heavy atom. The highest BCUT2D eigenvalue weighted by Gasteiger charge is 2.13. The van der Waals surface area contributed by atoms with E-state index in [2.05, 4.69) is 41.6 Å². The average Bonchev–Trinajstić information content (AvgIpc) is 3.36. The Kier molecular flexibility index (Phi) is 17.7. The first-order valence-corrected chi connectivity index (χ1v) is 16.4. The lowest BCUT2D eigenvalue weighted by Crippen LogP contribution is -2.17. The van der Waals surface area contributed by atoms with Crippen molar-refractivity contribution in [3.05, 3.63) is 64.7 Å². The number of carbonyl (C=O) groups is 1. The van der Waals surface area contributed by atoms with Gasteiger partial charge in [-0.15, -0.1) is 28.7 Å². The second kappa shape index (κ2) is 20.7. The zero-order chi connectivity index (χ0) is 28.4. The highest BCUT2D eigenvalue weighted by Crippen LogP contribution is 2.29. The maximum atomic E-state index is 12.7. The van der Waals surface area contributed by atoms with Crippen LogP contribution in [0.4, 0.5) is 5.69 Å². The van der Waals surface area contributed by atoms with Crippen LogP contribution < -0.4 is 14.8 Å². The first-order valence-electron chi connectivity index (χ1n) is 15.3. The summed E-state index contributed by atoms with van der Waals surface area (Å²) < 4.78 is 11.6. The van der Waals surface area contributed by atoms with Gasteiger partial charge in [-0.2, -0.15) is 0 Å². The Balaban J connectivity index is 0.00000588. The number of halogens is 1. The molecular formula is C34H51BrN2O3S. The molecule has 0 saturated carbocycles. The number of rotatable bonds is 20. The third kappa shape index (κ3) is 13.6. The van der Waals surface area contributed by atoms with Crippen LogP contribution in [0.25, 0.3) is 0 Å². The summed E-state index contributed by atoms with van der Waals surface area (Å²) in [5, 5.41) is 5.22. The van der Waals surface area contributed by atoms with Crippen LogP contribution in [-0.4, -0.2) is 30.4 Å². The van der Waals surface area contributed by atoms with Crippen LogP contribution in [0.1, 0.15) is 102 Å². The van der Waals surface area contributed by atoms with Crippen LogP contribution in [0.15, 0.2) is 53.6 Å². The van der Waals surface area contributed by atoms with Crippen molar-refractivity contribution in [3.63, 3.8) is 0 Å². The Morgan fingerprint density at radius 2 is 1.46 bits per heavy atom. The van der Waals surface area contributed by atoms with Crippen molar-refractivity contribution in [2.75, 3.05) is 24.9 Å². The van der Waals surface area contributed by atoms with E-state index in [-0.39, 0.29) is 29.3 Å². The molecule has 0 radical (unpaired) electrons. The molecule has 2 aromatic rings. The van der Waals surface area contributed by atoms with Gasteiger partial charge in [0.25, 0.3) is 0 Å².